The van der Waals surface area contributed by atoms with Crippen LogP contribution < -0.4 is 10.9 Å². The van der Waals surface area contributed by atoms with Gasteiger partial charge in [-0.25, -0.2) is 8.78 Å². The van der Waals surface area contributed by atoms with E-state index in [4.69, 9.17) is 8.83 Å². The number of phenolic OH excluding ortho intramolecular Hbond substituents is 1. The van der Waals surface area contributed by atoms with Crippen LogP contribution in [0.15, 0.2) is 85.5 Å². The Bertz CT molecular complexity index is 1580. The molecule has 5 rings (SSSR count). The summed E-state index contributed by atoms with van der Waals surface area (Å²) in [6.45, 7) is 0. The Balaban J connectivity index is 1.83. The van der Waals surface area contributed by atoms with Crippen molar-refractivity contribution < 1.29 is 22.7 Å². The van der Waals surface area contributed by atoms with E-state index in [2.05, 4.69) is 0 Å². The number of hydrogen-bond acceptors (Lipinski definition) is 5. The van der Waals surface area contributed by atoms with Crippen LogP contribution in [0.4, 0.5) is 8.78 Å². The van der Waals surface area contributed by atoms with Crippen molar-refractivity contribution >= 4 is 21.9 Å². The summed E-state index contributed by atoms with van der Waals surface area (Å²) in [6, 6.07) is 11.7. The van der Waals surface area contributed by atoms with Crippen LogP contribution in [0, 0.1) is 11.6 Å². The van der Waals surface area contributed by atoms with Crippen LogP contribution in [0.25, 0.3) is 44.2 Å². The summed E-state index contributed by atoms with van der Waals surface area (Å²) in [5.74, 6) is -1.34. The van der Waals surface area contributed by atoms with Crippen LogP contribution in [0.2, 0.25) is 0 Å². The molecule has 1 N–H and O–H groups in total. The van der Waals surface area contributed by atoms with Gasteiger partial charge in [0, 0.05) is 6.07 Å². The van der Waals surface area contributed by atoms with Crippen molar-refractivity contribution in [3.05, 3.63) is 99.2 Å². The number of aromatic hydroxyl groups is 1. The molecule has 0 atom stereocenters. The summed E-state index contributed by atoms with van der Waals surface area (Å²) >= 11 is 0. The third-order valence-electron chi connectivity index (χ3n) is 5.08. The molecule has 0 aliphatic rings. The smallest absolute Gasteiger partial charge is 0.204 e. The lowest BCUT2D eigenvalue weighted by molar-refractivity contribution is 0.478. The van der Waals surface area contributed by atoms with Crippen LogP contribution in [-0.2, 0) is 0 Å². The minimum absolute atomic E-state index is 0.0264. The fourth-order valence-electron chi connectivity index (χ4n) is 3.54. The van der Waals surface area contributed by atoms with E-state index in [0.717, 1.165) is 6.26 Å². The van der Waals surface area contributed by atoms with Crippen LogP contribution in [0.5, 0.6) is 5.75 Å². The molecule has 31 heavy (non-hydrogen) atoms. The predicted octanol–water partition coefficient (Wildman–Crippen LogP) is 5.22. The number of benzene rings is 3. The molecule has 0 saturated heterocycles. The van der Waals surface area contributed by atoms with E-state index in [1.165, 1.54) is 60.9 Å². The summed E-state index contributed by atoms with van der Waals surface area (Å²) in [5, 5.41) is 10.2. The minimum Gasteiger partial charge on any atom is -0.507 e. The molecule has 2 aromatic heterocycles. The molecule has 0 fully saturated rings. The van der Waals surface area contributed by atoms with Crippen molar-refractivity contribution in [3.8, 4) is 28.0 Å². The van der Waals surface area contributed by atoms with Gasteiger partial charge in [0.25, 0.3) is 0 Å². The van der Waals surface area contributed by atoms with Gasteiger partial charge in [-0.3, -0.25) is 9.59 Å². The maximum absolute atomic E-state index is 13.3. The van der Waals surface area contributed by atoms with Crippen molar-refractivity contribution in [2.24, 2.45) is 0 Å². The largest absolute Gasteiger partial charge is 0.507 e. The molecular formula is C24H12F2O5. The van der Waals surface area contributed by atoms with Crippen LogP contribution in [0.3, 0.4) is 0 Å². The summed E-state index contributed by atoms with van der Waals surface area (Å²) in [6.07, 6.45) is 2.36. The molecule has 0 aliphatic carbocycles. The second-order valence-corrected chi connectivity index (χ2v) is 6.94. The zero-order valence-corrected chi connectivity index (χ0v) is 15.7. The van der Waals surface area contributed by atoms with Crippen molar-refractivity contribution in [1.82, 2.24) is 0 Å². The first-order chi connectivity index (χ1) is 14.9. The minimum atomic E-state index is -0.584. The summed E-state index contributed by atoms with van der Waals surface area (Å²) in [4.78, 5) is 26.3. The van der Waals surface area contributed by atoms with Gasteiger partial charge in [-0.15, -0.1) is 0 Å². The number of fused-ring (bicyclic) bond motifs is 3. The van der Waals surface area contributed by atoms with Gasteiger partial charge in [0.05, 0.1) is 11.1 Å². The van der Waals surface area contributed by atoms with Crippen molar-refractivity contribution in [1.29, 1.82) is 0 Å². The fraction of sp³-hybridized carbons (Fsp3) is 0. The highest BCUT2D eigenvalue weighted by Crippen LogP contribution is 2.32. The maximum atomic E-state index is 13.3. The number of hydrogen-bond donors (Lipinski definition) is 1. The monoisotopic (exact) mass is 418 g/mol. The summed E-state index contributed by atoms with van der Waals surface area (Å²) < 4.78 is 37.6. The van der Waals surface area contributed by atoms with Crippen LogP contribution in [-0.4, -0.2) is 5.11 Å². The highest BCUT2D eigenvalue weighted by molar-refractivity contribution is 6.06. The number of phenols is 1. The van der Waals surface area contributed by atoms with Gasteiger partial charge in [0.15, 0.2) is 5.58 Å². The van der Waals surface area contributed by atoms with E-state index >= 15 is 0 Å². The highest BCUT2D eigenvalue weighted by atomic mass is 19.1. The Labute approximate surface area is 172 Å². The first kappa shape index (κ1) is 18.7. The second-order valence-electron chi connectivity index (χ2n) is 6.94. The van der Waals surface area contributed by atoms with Crippen LogP contribution >= 0.6 is 0 Å². The third-order valence-corrected chi connectivity index (χ3v) is 5.08. The first-order valence-electron chi connectivity index (χ1n) is 9.19. The quantitative estimate of drug-likeness (QED) is 0.398. The van der Waals surface area contributed by atoms with Gasteiger partial charge in [0.2, 0.25) is 10.9 Å². The lowest BCUT2D eigenvalue weighted by atomic mass is 10.0. The Morgan fingerprint density at radius 1 is 0.677 bits per heavy atom. The molecule has 152 valence electrons. The highest BCUT2D eigenvalue weighted by Gasteiger charge is 2.20. The Kier molecular flexibility index (Phi) is 4.18. The molecule has 2 heterocycles. The molecule has 0 unspecified atom stereocenters. The van der Waals surface area contributed by atoms with Crippen molar-refractivity contribution in [2.75, 3.05) is 0 Å². The Morgan fingerprint density at radius 2 is 1.16 bits per heavy atom. The zero-order valence-electron chi connectivity index (χ0n) is 15.7. The van der Waals surface area contributed by atoms with E-state index in [1.54, 1.807) is 0 Å². The van der Waals surface area contributed by atoms with Gasteiger partial charge in [0.1, 0.15) is 46.3 Å². The molecular weight excluding hydrogens is 406 g/mol. The summed E-state index contributed by atoms with van der Waals surface area (Å²) in [7, 11) is 0. The van der Waals surface area contributed by atoms with Gasteiger partial charge in [-0.2, -0.15) is 0 Å². The molecule has 0 radical (unpaired) electrons. The van der Waals surface area contributed by atoms with Gasteiger partial charge < -0.3 is 13.9 Å². The predicted molar refractivity (Wildman–Crippen MR) is 111 cm³/mol. The van der Waals surface area contributed by atoms with Crippen molar-refractivity contribution in [3.63, 3.8) is 0 Å². The average molecular weight is 418 g/mol. The van der Waals surface area contributed by atoms with E-state index < -0.39 is 28.2 Å². The molecule has 0 spiro atoms. The van der Waals surface area contributed by atoms with Crippen LogP contribution in [0.1, 0.15) is 0 Å². The second kappa shape index (κ2) is 6.91. The molecule has 5 nitrogen and oxygen atoms in total. The fourth-order valence-corrected chi connectivity index (χ4v) is 3.54. The van der Waals surface area contributed by atoms with Crippen molar-refractivity contribution in [2.45, 2.75) is 0 Å². The number of rotatable bonds is 2. The van der Waals surface area contributed by atoms with Gasteiger partial charge >= 0.3 is 0 Å². The van der Waals surface area contributed by atoms with E-state index in [-0.39, 0.29) is 33.1 Å². The maximum Gasteiger partial charge on any atom is 0.204 e. The molecule has 0 saturated carbocycles. The number of halogens is 2. The third kappa shape index (κ3) is 2.98. The molecule has 7 heteroatoms. The Hall–Kier alpha value is -4.26. The topological polar surface area (TPSA) is 80.7 Å². The molecule has 5 aromatic rings. The standard InChI is InChI=1S/C24H12F2O5/c25-14-5-1-12(2-6-14)16-10-30-19-9-18(27)20-22(28)17(13-3-7-15(26)8-4-13)11-31-24(20)21(19)23(16)29/h1-11,27H. The van der Waals surface area contributed by atoms with E-state index in [1.807, 2.05) is 0 Å². The zero-order chi connectivity index (χ0) is 21.7. The van der Waals surface area contributed by atoms with E-state index in [9.17, 15) is 23.5 Å². The molecule has 0 aliphatic heterocycles. The molecule has 3 aromatic carbocycles. The van der Waals surface area contributed by atoms with E-state index in [0.29, 0.717) is 11.1 Å². The lowest BCUT2D eigenvalue weighted by Crippen LogP contribution is -2.09. The summed E-state index contributed by atoms with van der Waals surface area (Å²) in [5.41, 5.74) is -0.144. The van der Waals surface area contributed by atoms with Gasteiger partial charge in [-0.1, -0.05) is 24.3 Å². The average Bonchev–Trinajstić information content (AvgIpc) is 2.75. The molecule has 0 amide bonds. The normalized spacial score (nSPS) is 11.3. The first-order valence-corrected chi connectivity index (χ1v) is 9.19. The van der Waals surface area contributed by atoms with Gasteiger partial charge in [-0.05, 0) is 35.4 Å². The Morgan fingerprint density at radius 3 is 1.71 bits per heavy atom. The SMILES string of the molecule is O=c1c(-c2ccc(F)cc2)coc2c1c(O)cc1occ(-c3ccc(F)cc3)c(=O)c12. The lowest BCUT2D eigenvalue weighted by Gasteiger charge is -2.08. The molecule has 0 bridgehead atoms.